The van der Waals surface area contributed by atoms with Crippen molar-refractivity contribution in [1.82, 2.24) is 0 Å². The average Bonchev–Trinajstić information content (AvgIpc) is 2.72. The number of nitrogens with zero attached hydrogens (tertiary/aromatic N) is 1. The number of nitrogens with two attached hydrogens (primary N) is 1. The molecule has 0 bridgehead atoms. The van der Waals surface area contributed by atoms with Crippen molar-refractivity contribution in [3.8, 4) is 0 Å². The first-order chi connectivity index (χ1) is 7.72. The number of methoxy groups -OCH3 is 1. The maximum atomic E-state index is 11.2. The van der Waals surface area contributed by atoms with Gasteiger partial charge in [-0.15, -0.1) is 0 Å². The summed E-state index contributed by atoms with van der Waals surface area (Å²) in [6, 6.07) is 7.63. The molecule has 1 heterocycles. The minimum Gasteiger partial charge on any atom is -0.468 e. The molecule has 86 valence electrons. The van der Waals surface area contributed by atoms with Gasteiger partial charge in [0, 0.05) is 18.8 Å². The van der Waals surface area contributed by atoms with Gasteiger partial charge < -0.3 is 15.4 Å². The minimum atomic E-state index is -0.573. The van der Waals surface area contributed by atoms with Crippen molar-refractivity contribution in [2.75, 3.05) is 25.1 Å². The molecule has 4 heteroatoms. The van der Waals surface area contributed by atoms with Gasteiger partial charge in [0.25, 0.3) is 0 Å². The molecule has 0 saturated heterocycles. The van der Waals surface area contributed by atoms with Crippen LogP contribution in [-0.2, 0) is 16.0 Å². The monoisotopic (exact) mass is 220 g/mol. The fourth-order valence-electron chi connectivity index (χ4n) is 2.06. The first-order valence-corrected chi connectivity index (χ1v) is 5.38. The fraction of sp³-hybridized carbons (Fsp3) is 0.417. The summed E-state index contributed by atoms with van der Waals surface area (Å²) in [5, 5.41) is 0. The van der Waals surface area contributed by atoms with Crippen LogP contribution in [0.3, 0.4) is 0 Å². The zero-order valence-electron chi connectivity index (χ0n) is 9.35. The van der Waals surface area contributed by atoms with Gasteiger partial charge >= 0.3 is 5.97 Å². The van der Waals surface area contributed by atoms with Crippen LogP contribution in [0.15, 0.2) is 24.3 Å². The van der Waals surface area contributed by atoms with Crippen molar-refractivity contribution in [2.24, 2.45) is 5.73 Å². The quantitative estimate of drug-likeness (QED) is 0.756. The summed E-state index contributed by atoms with van der Waals surface area (Å²) in [7, 11) is 1.36. The number of rotatable bonds is 3. The van der Waals surface area contributed by atoms with E-state index in [4.69, 9.17) is 5.73 Å². The number of hydrogen-bond acceptors (Lipinski definition) is 4. The van der Waals surface area contributed by atoms with E-state index in [2.05, 4.69) is 21.8 Å². The largest absolute Gasteiger partial charge is 0.468 e. The first-order valence-electron chi connectivity index (χ1n) is 5.38. The predicted molar refractivity (Wildman–Crippen MR) is 62.4 cm³/mol. The SMILES string of the molecule is COC(=O)C(N)CN1CCc2ccccc21. The molecule has 0 amide bonds. The molecule has 1 aromatic rings. The van der Waals surface area contributed by atoms with E-state index < -0.39 is 6.04 Å². The van der Waals surface area contributed by atoms with Crippen molar-refractivity contribution < 1.29 is 9.53 Å². The highest BCUT2D eigenvalue weighted by molar-refractivity contribution is 5.76. The average molecular weight is 220 g/mol. The molecule has 1 unspecified atom stereocenters. The minimum absolute atomic E-state index is 0.357. The number of benzene rings is 1. The Hall–Kier alpha value is -1.55. The Kier molecular flexibility index (Phi) is 3.10. The summed E-state index contributed by atoms with van der Waals surface area (Å²) >= 11 is 0. The van der Waals surface area contributed by atoms with E-state index in [1.165, 1.54) is 18.4 Å². The highest BCUT2D eigenvalue weighted by Gasteiger charge is 2.23. The van der Waals surface area contributed by atoms with Crippen LogP contribution in [0.5, 0.6) is 0 Å². The molecule has 0 saturated carbocycles. The van der Waals surface area contributed by atoms with Crippen molar-refractivity contribution in [2.45, 2.75) is 12.5 Å². The maximum absolute atomic E-state index is 11.2. The van der Waals surface area contributed by atoms with Crippen LogP contribution in [-0.4, -0.2) is 32.2 Å². The Bertz CT molecular complexity index is 392. The smallest absolute Gasteiger partial charge is 0.324 e. The summed E-state index contributed by atoms with van der Waals surface area (Å²) in [6.07, 6.45) is 1.02. The second-order valence-electron chi connectivity index (χ2n) is 3.95. The lowest BCUT2D eigenvalue weighted by Gasteiger charge is -2.22. The molecule has 1 aliphatic rings. The van der Waals surface area contributed by atoms with Crippen LogP contribution >= 0.6 is 0 Å². The third-order valence-corrected chi connectivity index (χ3v) is 2.90. The number of anilines is 1. The van der Waals surface area contributed by atoms with Gasteiger partial charge in [-0.1, -0.05) is 18.2 Å². The second-order valence-corrected chi connectivity index (χ2v) is 3.95. The lowest BCUT2D eigenvalue weighted by Crippen LogP contribution is -2.42. The van der Waals surface area contributed by atoms with Crippen LogP contribution in [0.1, 0.15) is 5.56 Å². The summed E-state index contributed by atoms with van der Waals surface area (Å²) in [4.78, 5) is 13.4. The molecule has 0 radical (unpaired) electrons. The van der Waals surface area contributed by atoms with E-state index in [9.17, 15) is 4.79 Å². The van der Waals surface area contributed by atoms with Crippen LogP contribution in [0, 0.1) is 0 Å². The fourth-order valence-corrected chi connectivity index (χ4v) is 2.06. The number of carbonyl (C=O) groups is 1. The standard InChI is InChI=1S/C12H16N2O2/c1-16-12(15)10(13)8-14-7-6-9-4-2-3-5-11(9)14/h2-5,10H,6-8,13H2,1H3. The molecular formula is C12H16N2O2. The number of ether oxygens (including phenoxy) is 1. The highest BCUT2D eigenvalue weighted by Crippen LogP contribution is 2.27. The molecule has 0 fully saturated rings. The zero-order valence-corrected chi connectivity index (χ0v) is 9.35. The van der Waals surface area contributed by atoms with Crippen LogP contribution in [0.4, 0.5) is 5.69 Å². The molecule has 2 rings (SSSR count). The lowest BCUT2D eigenvalue weighted by molar-refractivity contribution is -0.141. The maximum Gasteiger partial charge on any atom is 0.324 e. The second kappa shape index (κ2) is 4.53. The number of hydrogen-bond donors (Lipinski definition) is 1. The van der Waals surface area contributed by atoms with Crippen molar-refractivity contribution in [3.63, 3.8) is 0 Å². The van der Waals surface area contributed by atoms with Crippen molar-refractivity contribution >= 4 is 11.7 Å². The van der Waals surface area contributed by atoms with Crippen molar-refractivity contribution in [3.05, 3.63) is 29.8 Å². The zero-order chi connectivity index (χ0) is 11.5. The van der Waals surface area contributed by atoms with E-state index in [1.54, 1.807) is 0 Å². The van der Waals surface area contributed by atoms with E-state index in [-0.39, 0.29) is 5.97 Å². The topological polar surface area (TPSA) is 55.6 Å². The van der Waals surface area contributed by atoms with Crippen molar-refractivity contribution in [1.29, 1.82) is 0 Å². The Labute approximate surface area is 95.0 Å². The number of fused-ring (bicyclic) bond motifs is 1. The molecule has 1 aromatic carbocycles. The Morgan fingerprint density at radius 2 is 2.31 bits per heavy atom. The van der Waals surface area contributed by atoms with Crippen LogP contribution in [0.25, 0.3) is 0 Å². The molecule has 0 aliphatic carbocycles. The Balaban J connectivity index is 2.06. The molecule has 4 nitrogen and oxygen atoms in total. The highest BCUT2D eigenvalue weighted by atomic mass is 16.5. The number of carbonyl (C=O) groups excluding carboxylic acids is 1. The number of para-hydroxylation sites is 1. The molecule has 1 aliphatic heterocycles. The van der Waals surface area contributed by atoms with E-state index >= 15 is 0 Å². The van der Waals surface area contributed by atoms with E-state index in [0.29, 0.717) is 6.54 Å². The summed E-state index contributed by atoms with van der Waals surface area (Å²) < 4.78 is 4.62. The number of esters is 1. The van der Waals surface area contributed by atoms with Gasteiger partial charge in [0.15, 0.2) is 0 Å². The van der Waals surface area contributed by atoms with Gasteiger partial charge in [0.2, 0.25) is 0 Å². The lowest BCUT2D eigenvalue weighted by atomic mass is 10.2. The summed E-state index contributed by atoms with van der Waals surface area (Å²) in [5.74, 6) is -0.357. The first kappa shape index (κ1) is 11.0. The van der Waals surface area contributed by atoms with E-state index in [0.717, 1.165) is 13.0 Å². The van der Waals surface area contributed by atoms with Gasteiger partial charge in [0.1, 0.15) is 6.04 Å². The molecule has 16 heavy (non-hydrogen) atoms. The third kappa shape index (κ3) is 2.02. The summed E-state index contributed by atoms with van der Waals surface area (Å²) in [5.41, 5.74) is 8.25. The molecular weight excluding hydrogens is 204 g/mol. The third-order valence-electron chi connectivity index (χ3n) is 2.90. The van der Waals surface area contributed by atoms with E-state index in [1.807, 2.05) is 12.1 Å². The van der Waals surface area contributed by atoms with Crippen LogP contribution < -0.4 is 10.6 Å². The van der Waals surface area contributed by atoms with Gasteiger partial charge in [-0.05, 0) is 18.1 Å². The normalized spacial score (nSPS) is 15.8. The molecule has 2 N–H and O–H groups in total. The predicted octanol–water partition coefficient (Wildman–Crippen LogP) is 0.549. The Morgan fingerprint density at radius 3 is 3.06 bits per heavy atom. The van der Waals surface area contributed by atoms with Gasteiger partial charge in [-0.2, -0.15) is 0 Å². The molecule has 1 atom stereocenters. The molecule has 0 aromatic heterocycles. The van der Waals surface area contributed by atoms with Gasteiger partial charge in [0.05, 0.1) is 7.11 Å². The van der Waals surface area contributed by atoms with Gasteiger partial charge in [-0.25, -0.2) is 0 Å². The summed E-state index contributed by atoms with van der Waals surface area (Å²) in [6.45, 7) is 1.44. The van der Waals surface area contributed by atoms with Crippen LogP contribution in [0.2, 0.25) is 0 Å². The molecule has 0 spiro atoms. The van der Waals surface area contributed by atoms with Gasteiger partial charge in [-0.3, -0.25) is 4.79 Å². The Morgan fingerprint density at radius 1 is 1.56 bits per heavy atom.